The molecular weight excluding hydrogens is 382 g/mol. The molecule has 3 aromatic carbocycles. The lowest BCUT2D eigenvalue weighted by molar-refractivity contribution is 1.03. The summed E-state index contributed by atoms with van der Waals surface area (Å²) in [5.74, 6) is 0. The SMILES string of the molecule is S=P(C1=CCCC=C1)(c1ccccc1)P(c1ccccc1)c1ccccc1. The fraction of sp³-hybridized carbons (Fsp3) is 0.0833. The number of rotatable bonds is 5. The minimum atomic E-state index is -2.03. The van der Waals surface area contributed by atoms with Crippen molar-refractivity contribution >= 4 is 41.1 Å². The first-order chi connectivity index (χ1) is 13.3. The van der Waals surface area contributed by atoms with Gasteiger partial charge in [-0.2, -0.15) is 0 Å². The molecule has 1 atom stereocenters. The third kappa shape index (κ3) is 3.78. The fourth-order valence-corrected chi connectivity index (χ4v) is 14.8. The van der Waals surface area contributed by atoms with Crippen LogP contribution in [-0.4, -0.2) is 0 Å². The molecule has 0 radical (unpaired) electrons. The molecule has 1 unspecified atom stereocenters. The van der Waals surface area contributed by atoms with Crippen LogP contribution in [0.4, 0.5) is 0 Å². The van der Waals surface area contributed by atoms with Gasteiger partial charge in [-0.3, -0.25) is 0 Å². The summed E-state index contributed by atoms with van der Waals surface area (Å²) in [6, 6.07) is 32.6. The second kappa shape index (κ2) is 8.49. The van der Waals surface area contributed by atoms with E-state index in [2.05, 4.69) is 109 Å². The molecule has 27 heavy (non-hydrogen) atoms. The monoisotopic (exact) mass is 404 g/mol. The van der Waals surface area contributed by atoms with E-state index in [9.17, 15) is 0 Å². The molecular formula is C24H22P2S. The summed E-state index contributed by atoms with van der Waals surface area (Å²) >= 11 is 6.69. The zero-order chi connectivity index (χ0) is 18.5. The number of hydrogen-bond donors (Lipinski definition) is 0. The molecule has 0 spiro atoms. The zero-order valence-electron chi connectivity index (χ0n) is 15.1. The highest BCUT2D eigenvalue weighted by atomic mass is 32.6. The van der Waals surface area contributed by atoms with Crippen molar-refractivity contribution in [3.05, 3.63) is 115 Å². The Morgan fingerprint density at radius 1 is 0.667 bits per heavy atom. The predicted molar refractivity (Wildman–Crippen MR) is 126 cm³/mol. The van der Waals surface area contributed by atoms with E-state index >= 15 is 0 Å². The van der Waals surface area contributed by atoms with E-state index in [0.29, 0.717) is 0 Å². The van der Waals surface area contributed by atoms with Crippen LogP contribution in [0.2, 0.25) is 0 Å². The van der Waals surface area contributed by atoms with Gasteiger partial charge in [0, 0.05) is 5.73 Å². The molecule has 0 bridgehead atoms. The van der Waals surface area contributed by atoms with Crippen molar-refractivity contribution in [1.82, 2.24) is 0 Å². The second-order valence-electron chi connectivity index (χ2n) is 6.50. The number of hydrogen-bond acceptors (Lipinski definition) is 1. The lowest BCUT2D eigenvalue weighted by atomic mass is 10.2. The Bertz CT molecular complexity index is 953. The highest BCUT2D eigenvalue weighted by Gasteiger charge is 2.35. The van der Waals surface area contributed by atoms with Crippen molar-refractivity contribution in [2.45, 2.75) is 12.8 Å². The second-order valence-corrected chi connectivity index (χ2v) is 15.8. The predicted octanol–water partition coefficient (Wildman–Crippen LogP) is 6.07. The molecule has 0 aliphatic heterocycles. The maximum atomic E-state index is 6.69. The van der Waals surface area contributed by atoms with Crippen LogP contribution in [0.25, 0.3) is 0 Å². The molecule has 0 N–H and O–H groups in total. The standard InChI is InChI=1S/C24H22P2S/c27-26(23-17-9-3-10-18-23,24-19-11-4-12-20-24)25(21-13-5-1-6-14-21)22-15-7-2-8-16-22/h1-3,5-11,13-20H,4,12H2. The molecule has 3 aromatic rings. The average molecular weight is 404 g/mol. The van der Waals surface area contributed by atoms with Crippen LogP contribution in [0.5, 0.6) is 0 Å². The van der Waals surface area contributed by atoms with Gasteiger partial charge in [0.25, 0.3) is 0 Å². The third-order valence-electron chi connectivity index (χ3n) is 4.71. The molecule has 0 heterocycles. The summed E-state index contributed by atoms with van der Waals surface area (Å²) in [5.41, 5.74) is -2.03. The molecule has 0 amide bonds. The highest BCUT2D eigenvalue weighted by Crippen LogP contribution is 2.78. The zero-order valence-corrected chi connectivity index (χ0v) is 17.7. The molecule has 0 fully saturated rings. The van der Waals surface area contributed by atoms with Gasteiger partial charge in [-0.1, -0.05) is 121 Å². The minimum absolute atomic E-state index is 0.689. The molecule has 0 saturated heterocycles. The van der Waals surface area contributed by atoms with Crippen LogP contribution >= 0.6 is 13.3 Å². The van der Waals surface area contributed by atoms with E-state index in [1.54, 1.807) is 0 Å². The van der Waals surface area contributed by atoms with Gasteiger partial charge in [0.05, 0.1) is 0 Å². The van der Waals surface area contributed by atoms with E-state index in [-0.39, 0.29) is 0 Å². The van der Waals surface area contributed by atoms with Crippen LogP contribution in [0, 0.1) is 0 Å². The van der Waals surface area contributed by atoms with Crippen molar-refractivity contribution < 1.29 is 0 Å². The summed E-state index contributed by atoms with van der Waals surface area (Å²) < 4.78 is 0. The quantitative estimate of drug-likeness (QED) is 0.465. The van der Waals surface area contributed by atoms with Crippen molar-refractivity contribution in [2.75, 3.05) is 0 Å². The van der Waals surface area contributed by atoms with E-state index in [0.717, 1.165) is 12.8 Å². The Morgan fingerprint density at radius 3 is 1.67 bits per heavy atom. The van der Waals surface area contributed by atoms with Gasteiger partial charge in [0.2, 0.25) is 0 Å². The molecule has 3 heteroatoms. The van der Waals surface area contributed by atoms with Crippen molar-refractivity contribution in [1.29, 1.82) is 0 Å². The molecule has 0 aromatic heterocycles. The van der Waals surface area contributed by atoms with Gasteiger partial charge in [-0.15, -0.1) is 0 Å². The van der Waals surface area contributed by atoms with E-state index < -0.39 is 13.3 Å². The topological polar surface area (TPSA) is 0 Å². The van der Waals surface area contributed by atoms with Crippen LogP contribution in [0.15, 0.2) is 115 Å². The Kier molecular flexibility index (Phi) is 5.84. The largest absolute Gasteiger partial charge is 0.0836 e. The average Bonchev–Trinajstić information content (AvgIpc) is 2.76. The van der Waals surface area contributed by atoms with Gasteiger partial charge in [-0.25, -0.2) is 0 Å². The fourth-order valence-electron chi connectivity index (χ4n) is 3.45. The first-order valence-electron chi connectivity index (χ1n) is 9.24. The Balaban J connectivity index is 1.99. The summed E-state index contributed by atoms with van der Waals surface area (Å²) in [6.45, 7) is 0. The Labute approximate surface area is 168 Å². The lowest BCUT2D eigenvalue weighted by Gasteiger charge is -2.35. The van der Waals surface area contributed by atoms with Crippen LogP contribution in [0.3, 0.4) is 0 Å². The maximum Gasteiger partial charge on any atom is 0.0399 e. The number of allylic oxidation sites excluding steroid dienone is 4. The third-order valence-corrected chi connectivity index (χ3v) is 16.1. The van der Waals surface area contributed by atoms with Crippen LogP contribution in [0.1, 0.15) is 12.8 Å². The highest BCUT2D eigenvalue weighted by molar-refractivity contribution is 8.60. The van der Waals surface area contributed by atoms with Crippen LogP contribution in [-0.2, 0) is 11.8 Å². The lowest BCUT2D eigenvalue weighted by Crippen LogP contribution is -2.17. The molecule has 1 aliphatic carbocycles. The molecule has 4 rings (SSSR count). The van der Waals surface area contributed by atoms with Crippen LogP contribution < -0.4 is 15.9 Å². The van der Waals surface area contributed by atoms with Gasteiger partial charge in [0.15, 0.2) is 0 Å². The Hall–Kier alpha value is -1.78. The number of benzene rings is 3. The molecule has 0 saturated carbocycles. The Morgan fingerprint density at radius 2 is 1.19 bits per heavy atom. The maximum absolute atomic E-state index is 6.69. The normalized spacial score (nSPS) is 16.0. The van der Waals surface area contributed by atoms with Crippen molar-refractivity contribution in [2.24, 2.45) is 0 Å². The van der Waals surface area contributed by atoms with E-state index in [4.69, 9.17) is 11.8 Å². The van der Waals surface area contributed by atoms with E-state index in [1.165, 1.54) is 21.2 Å². The summed E-state index contributed by atoms with van der Waals surface area (Å²) in [6.07, 6.45) is 9.20. The first kappa shape index (κ1) is 18.6. The minimum Gasteiger partial charge on any atom is -0.0836 e. The first-order valence-corrected chi connectivity index (χ1v) is 14.1. The smallest absolute Gasteiger partial charge is 0.0399 e. The van der Waals surface area contributed by atoms with Crippen molar-refractivity contribution in [3.8, 4) is 0 Å². The van der Waals surface area contributed by atoms with Gasteiger partial charge in [0.1, 0.15) is 0 Å². The van der Waals surface area contributed by atoms with E-state index in [1.807, 2.05) is 0 Å². The summed E-state index contributed by atoms with van der Waals surface area (Å²) in [5, 5.41) is 5.42. The molecule has 1 aliphatic rings. The van der Waals surface area contributed by atoms with Gasteiger partial charge >= 0.3 is 0 Å². The summed E-state index contributed by atoms with van der Waals surface area (Å²) in [4.78, 5) is 0. The van der Waals surface area contributed by atoms with Gasteiger partial charge < -0.3 is 0 Å². The van der Waals surface area contributed by atoms with Gasteiger partial charge in [-0.05, 0) is 41.7 Å². The molecule has 134 valence electrons. The molecule has 0 nitrogen and oxygen atoms in total. The summed E-state index contributed by atoms with van der Waals surface area (Å²) in [7, 11) is -0.689. The van der Waals surface area contributed by atoms with Crippen molar-refractivity contribution in [3.63, 3.8) is 0 Å².